The maximum absolute atomic E-state index is 12.6. The monoisotopic (exact) mass is 787 g/mol. The number of hydrogen-bond donors (Lipinski definition) is 3. The second kappa shape index (κ2) is 17.1. The van der Waals surface area contributed by atoms with Crippen LogP contribution in [0.5, 0.6) is 5.75 Å². The van der Waals surface area contributed by atoms with Gasteiger partial charge in [-0.25, -0.2) is 13.0 Å². The van der Waals surface area contributed by atoms with Crippen LogP contribution in [0, 0.1) is 0 Å². The van der Waals surface area contributed by atoms with E-state index in [0.717, 1.165) is 17.5 Å². The van der Waals surface area contributed by atoms with E-state index in [0.29, 0.717) is 54.0 Å². The third-order valence-electron chi connectivity index (χ3n) is 8.45. The molecule has 0 fully saturated rings. The van der Waals surface area contributed by atoms with Crippen LogP contribution in [0.15, 0.2) is 136 Å². The van der Waals surface area contributed by atoms with Gasteiger partial charge in [0, 0.05) is 77.7 Å². The SMILES string of the molecule is CCN(Cc1cccc(S(=O)(=O)[O-])c1)c1ccc(C(=C2C=CC(=[N+](CC)Cc3cccc(S(=O)(=O)O)c3)C=C2)c2ccc(O)cc2S(=O)(=O)O)cc1.[Na]. The fraction of sp³-hybridized carbons (Fsp3) is 0.162. The van der Waals surface area contributed by atoms with Crippen molar-refractivity contribution in [2.24, 2.45) is 0 Å². The molecule has 0 saturated heterocycles. The average Bonchev–Trinajstić information content (AvgIpc) is 3.10. The van der Waals surface area contributed by atoms with E-state index in [2.05, 4.69) is 0 Å². The number of nitrogens with zero attached hydrogens (tertiary/aromatic N) is 2. The maximum atomic E-state index is 12.6. The van der Waals surface area contributed by atoms with Crippen LogP contribution in [0.4, 0.5) is 5.69 Å². The summed E-state index contributed by atoms with van der Waals surface area (Å²) < 4.78 is 105. The van der Waals surface area contributed by atoms with Crippen LogP contribution < -0.4 is 4.90 Å². The van der Waals surface area contributed by atoms with E-state index in [9.17, 15) is 44.0 Å². The van der Waals surface area contributed by atoms with E-state index >= 15 is 0 Å². The second-order valence-corrected chi connectivity index (χ2v) is 16.1. The molecule has 4 aromatic carbocycles. The molecule has 0 bridgehead atoms. The largest absolute Gasteiger partial charge is 0.744 e. The van der Waals surface area contributed by atoms with Gasteiger partial charge in [-0.2, -0.15) is 16.8 Å². The normalized spacial score (nSPS) is 13.1. The quantitative estimate of drug-likeness (QED) is 0.0991. The zero-order chi connectivity index (χ0) is 37.8. The molecule has 0 atom stereocenters. The van der Waals surface area contributed by atoms with Crippen molar-refractivity contribution in [1.82, 2.24) is 0 Å². The van der Waals surface area contributed by atoms with Gasteiger partial charge in [0.15, 0.2) is 12.3 Å². The van der Waals surface area contributed by atoms with Crippen LogP contribution in [0.25, 0.3) is 5.57 Å². The molecule has 1 radical (unpaired) electrons. The van der Waals surface area contributed by atoms with Gasteiger partial charge in [-0.1, -0.05) is 36.4 Å². The van der Waals surface area contributed by atoms with Gasteiger partial charge in [0.1, 0.15) is 27.3 Å². The van der Waals surface area contributed by atoms with Crippen LogP contribution in [-0.4, -0.2) is 97.0 Å². The van der Waals surface area contributed by atoms with E-state index in [1.807, 2.05) is 47.6 Å². The smallest absolute Gasteiger partial charge is 0.295 e. The molecule has 0 aliphatic heterocycles. The molecule has 3 N–H and O–H groups in total. The molecule has 16 heteroatoms. The Balaban J connectivity index is 0.00000627. The first kappa shape index (κ1) is 41.9. The first-order chi connectivity index (χ1) is 24.5. The third kappa shape index (κ3) is 10.4. The number of hydrogen-bond acceptors (Lipinski definition) is 9. The average molecular weight is 788 g/mol. The molecule has 4 aromatic rings. The standard InChI is InChI=1S/C37H36N2O10S3.Na/c1-3-38(24-26-7-5-9-33(21-26)50(41,42)43)30-15-11-28(12-16-30)37(35-20-19-32(40)23-36(35)52(47,48)49)29-13-17-31(18-14-29)39(4-2)25-27-8-6-10-34(22-27)51(44,45)46;/h5-23H,3-4,24-25H2,1-2H3,(H3,41,42,43,44,45,46,47,48,49);. The Hall–Kier alpha value is -3.90. The molecule has 0 unspecified atom stereocenters. The Kier molecular flexibility index (Phi) is 13.5. The summed E-state index contributed by atoms with van der Waals surface area (Å²) in [4.78, 5) is 0.937. The van der Waals surface area contributed by atoms with Crippen molar-refractivity contribution < 1.29 is 48.6 Å². The van der Waals surface area contributed by atoms with Crippen molar-refractivity contribution in [3.05, 3.63) is 143 Å². The van der Waals surface area contributed by atoms with Crippen LogP contribution in [0.1, 0.15) is 36.1 Å². The number of aromatic hydroxyl groups is 1. The molecule has 1 aliphatic carbocycles. The van der Waals surface area contributed by atoms with Crippen LogP contribution in [0.2, 0.25) is 0 Å². The van der Waals surface area contributed by atoms with Gasteiger partial charge in [0.25, 0.3) is 20.2 Å². The first-order valence-corrected chi connectivity index (χ1v) is 20.3. The van der Waals surface area contributed by atoms with E-state index in [1.165, 1.54) is 42.5 Å². The molecular formula is C37H36N2NaO10S3. The van der Waals surface area contributed by atoms with Crippen LogP contribution >= 0.6 is 0 Å². The first-order valence-electron chi connectivity index (χ1n) is 16.0. The minimum Gasteiger partial charge on any atom is -0.744 e. The maximum Gasteiger partial charge on any atom is 0.295 e. The number of benzene rings is 4. The summed E-state index contributed by atoms with van der Waals surface area (Å²) in [6.45, 7) is 5.55. The number of phenols is 1. The van der Waals surface area contributed by atoms with Crippen molar-refractivity contribution >= 4 is 76.9 Å². The third-order valence-corrected chi connectivity index (χ3v) is 11.0. The summed E-state index contributed by atoms with van der Waals surface area (Å²) in [5, 5.41) is 10.1. The Labute approximate surface area is 331 Å². The van der Waals surface area contributed by atoms with Gasteiger partial charge in [-0.05, 0) is 96.8 Å². The summed E-state index contributed by atoms with van der Waals surface area (Å²) in [5.41, 5.74) is 4.53. The Bertz CT molecular complexity index is 2460. The summed E-state index contributed by atoms with van der Waals surface area (Å²) in [7, 11) is -13.8. The van der Waals surface area contributed by atoms with E-state index < -0.39 is 35.2 Å². The van der Waals surface area contributed by atoms with Gasteiger partial charge < -0.3 is 14.6 Å². The molecular weight excluding hydrogens is 752 g/mol. The Morgan fingerprint density at radius 3 is 1.91 bits per heavy atom. The van der Waals surface area contributed by atoms with Crippen molar-refractivity contribution in [1.29, 1.82) is 0 Å². The molecule has 0 aromatic heterocycles. The van der Waals surface area contributed by atoms with E-state index in [4.69, 9.17) is 0 Å². The summed E-state index contributed by atoms with van der Waals surface area (Å²) in [5.74, 6) is -0.356. The summed E-state index contributed by atoms with van der Waals surface area (Å²) in [6.07, 6.45) is 7.21. The fourth-order valence-electron chi connectivity index (χ4n) is 5.90. The van der Waals surface area contributed by atoms with Crippen LogP contribution in [0.3, 0.4) is 0 Å². The molecule has 1 aliphatic rings. The molecule has 0 saturated carbocycles. The Morgan fingerprint density at radius 2 is 1.34 bits per heavy atom. The second-order valence-electron chi connectivity index (χ2n) is 11.9. The van der Waals surface area contributed by atoms with E-state index in [-0.39, 0.29) is 50.7 Å². The Morgan fingerprint density at radius 1 is 0.736 bits per heavy atom. The fourth-order valence-corrected chi connectivity index (χ4v) is 7.71. The van der Waals surface area contributed by atoms with Crippen LogP contribution in [-0.2, 0) is 43.4 Å². The van der Waals surface area contributed by atoms with Crippen molar-refractivity contribution in [2.45, 2.75) is 41.6 Å². The molecule has 12 nitrogen and oxygen atoms in total. The van der Waals surface area contributed by atoms with E-state index in [1.54, 1.807) is 42.5 Å². The summed E-state index contributed by atoms with van der Waals surface area (Å²) in [6, 6.07) is 22.7. The zero-order valence-electron chi connectivity index (χ0n) is 29.1. The van der Waals surface area contributed by atoms with Gasteiger partial charge in [-0.3, -0.25) is 9.11 Å². The van der Waals surface area contributed by atoms with Crippen molar-refractivity contribution in [3.8, 4) is 5.75 Å². The molecule has 5 rings (SSSR count). The topological polar surface area (TPSA) is 192 Å². The molecule has 0 spiro atoms. The van der Waals surface area contributed by atoms with Crippen molar-refractivity contribution in [2.75, 3.05) is 18.0 Å². The minimum atomic E-state index is -4.79. The molecule has 53 heavy (non-hydrogen) atoms. The number of anilines is 1. The van der Waals surface area contributed by atoms with Gasteiger partial charge in [0.05, 0.1) is 9.79 Å². The zero-order valence-corrected chi connectivity index (χ0v) is 33.6. The van der Waals surface area contributed by atoms with Crippen molar-refractivity contribution in [3.63, 3.8) is 0 Å². The van der Waals surface area contributed by atoms with Gasteiger partial charge in [-0.15, -0.1) is 0 Å². The molecule has 0 heterocycles. The molecule has 273 valence electrons. The molecule has 0 amide bonds. The number of allylic oxidation sites excluding steroid dienone is 5. The van der Waals surface area contributed by atoms with Gasteiger partial charge >= 0.3 is 0 Å². The number of phenolic OH excluding ortho intramolecular Hbond substituents is 1. The predicted octanol–water partition coefficient (Wildman–Crippen LogP) is 5.04. The minimum absolute atomic E-state index is 0. The predicted molar refractivity (Wildman–Crippen MR) is 201 cm³/mol. The number of rotatable bonds is 12. The summed E-state index contributed by atoms with van der Waals surface area (Å²) >= 11 is 0. The van der Waals surface area contributed by atoms with Gasteiger partial charge in [0.2, 0.25) is 0 Å².